The third kappa shape index (κ3) is 2.45. The Morgan fingerprint density at radius 1 is 1.18 bits per heavy atom. The lowest BCUT2D eigenvalue weighted by atomic mass is 9.92. The maximum atomic E-state index is 5.90. The molecule has 0 atom stereocenters. The molecule has 0 amide bonds. The molecule has 0 saturated carbocycles. The number of nitrogens with zero attached hydrogens (tertiary/aromatic N) is 1. The summed E-state index contributed by atoms with van der Waals surface area (Å²) in [6, 6.07) is 7.69. The summed E-state index contributed by atoms with van der Waals surface area (Å²) in [5.41, 5.74) is 2.23. The van der Waals surface area contributed by atoms with Gasteiger partial charge in [0.2, 0.25) is 0 Å². The molecule has 0 aliphatic rings. The Morgan fingerprint density at radius 3 is 2.29 bits per heavy atom. The van der Waals surface area contributed by atoms with Crippen LogP contribution in [0.4, 0.5) is 0 Å². The fourth-order valence-corrected chi connectivity index (χ4v) is 2.16. The molecule has 0 aliphatic carbocycles. The number of benzene rings is 1. The summed E-state index contributed by atoms with van der Waals surface area (Å²) in [5, 5.41) is 0.730. The number of hydrogen-bond acceptors (Lipinski definition) is 1. The lowest BCUT2D eigenvalue weighted by Crippen LogP contribution is -2.16. The third-order valence-electron chi connectivity index (χ3n) is 2.63. The fourth-order valence-electron chi connectivity index (χ4n) is 1.77. The van der Waals surface area contributed by atoms with Gasteiger partial charge in [-0.15, -0.1) is 0 Å². The van der Waals surface area contributed by atoms with Crippen molar-refractivity contribution in [3.05, 3.63) is 45.9 Å². The Balaban J connectivity index is 2.63. The van der Waals surface area contributed by atoms with Crippen LogP contribution in [0.1, 0.15) is 26.5 Å². The highest BCUT2D eigenvalue weighted by Gasteiger charge is 2.19. The second-order valence-corrected chi connectivity index (χ2v) is 5.86. The van der Waals surface area contributed by atoms with E-state index in [1.54, 1.807) is 0 Å². The van der Waals surface area contributed by atoms with Crippen molar-refractivity contribution in [2.75, 3.05) is 0 Å². The molecule has 0 bridgehead atoms. The lowest BCUT2D eigenvalue weighted by Gasteiger charge is -2.20. The minimum atomic E-state index is 0.0349. The van der Waals surface area contributed by atoms with Gasteiger partial charge in [0.25, 0.3) is 0 Å². The summed E-state index contributed by atoms with van der Waals surface area (Å²) in [6.07, 6.45) is 1.97. The fraction of sp³-hybridized carbons (Fsp3) is 0.308. The molecular formula is C13H15ClN2S. The largest absolute Gasteiger partial charge is 0.337 e. The van der Waals surface area contributed by atoms with Gasteiger partial charge >= 0.3 is 0 Å². The standard InChI is InChI=1S/C13H15ClN2S/c1-13(2,3)11-8-15-12(17)16(11)10-6-4-9(14)5-7-10/h4-8H,1-3H3,(H,15,17). The molecule has 0 radical (unpaired) electrons. The molecule has 1 aromatic heterocycles. The van der Waals surface area contributed by atoms with Crippen LogP contribution in [0, 0.1) is 4.77 Å². The molecule has 1 heterocycles. The van der Waals surface area contributed by atoms with Crippen LogP contribution < -0.4 is 0 Å². The summed E-state index contributed by atoms with van der Waals surface area (Å²) >= 11 is 11.2. The number of H-pyrrole nitrogens is 1. The molecule has 4 heteroatoms. The first kappa shape index (κ1) is 12.4. The average molecular weight is 267 g/mol. The molecule has 0 saturated heterocycles. The van der Waals surface area contributed by atoms with E-state index in [9.17, 15) is 0 Å². The van der Waals surface area contributed by atoms with Crippen molar-refractivity contribution in [2.45, 2.75) is 26.2 Å². The zero-order valence-electron chi connectivity index (χ0n) is 10.1. The average Bonchev–Trinajstić information content (AvgIpc) is 2.61. The van der Waals surface area contributed by atoms with Crippen LogP contribution in [0.5, 0.6) is 0 Å². The van der Waals surface area contributed by atoms with Crippen LogP contribution in [0.15, 0.2) is 30.5 Å². The molecule has 90 valence electrons. The van der Waals surface area contributed by atoms with Gasteiger partial charge in [-0.1, -0.05) is 32.4 Å². The Kier molecular flexibility index (Phi) is 3.15. The number of aromatic amines is 1. The van der Waals surface area contributed by atoms with E-state index in [4.69, 9.17) is 23.8 Å². The van der Waals surface area contributed by atoms with Gasteiger partial charge < -0.3 is 4.98 Å². The van der Waals surface area contributed by atoms with Crippen molar-refractivity contribution in [3.63, 3.8) is 0 Å². The van der Waals surface area contributed by atoms with Crippen molar-refractivity contribution in [1.82, 2.24) is 9.55 Å². The molecule has 2 rings (SSSR count). The van der Waals surface area contributed by atoms with Gasteiger partial charge in [0.15, 0.2) is 4.77 Å². The summed E-state index contributed by atoms with van der Waals surface area (Å²) in [5.74, 6) is 0. The van der Waals surface area contributed by atoms with Crippen LogP contribution in [-0.4, -0.2) is 9.55 Å². The molecule has 17 heavy (non-hydrogen) atoms. The molecule has 2 nitrogen and oxygen atoms in total. The second-order valence-electron chi connectivity index (χ2n) is 5.04. The SMILES string of the molecule is CC(C)(C)c1c[nH]c(=S)n1-c1ccc(Cl)cc1. The van der Waals surface area contributed by atoms with Crippen LogP contribution in [0.25, 0.3) is 5.69 Å². The Hall–Kier alpha value is -1.06. The first-order valence-electron chi connectivity index (χ1n) is 5.46. The van der Waals surface area contributed by atoms with Crippen LogP contribution in [0.2, 0.25) is 5.02 Å². The van der Waals surface area contributed by atoms with Gasteiger partial charge in [-0.2, -0.15) is 0 Å². The Bertz CT molecular complexity index is 573. The maximum absolute atomic E-state index is 5.90. The van der Waals surface area contributed by atoms with Gasteiger partial charge in [0.05, 0.1) is 0 Å². The molecule has 1 N–H and O–H groups in total. The molecule has 0 aliphatic heterocycles. The number of aromatic nitrogens is 2. The van der Waals surface area contributed by atoms with E-state index in [0.29, 0.717) is 4.77 Å². The lowest BCUT2D eigenvalue weighted by molar-refractivity contribution is 0.556. The first-order chi connectivity index (χ1) is 7.89. The van der Waals surface area contributed by atoms with Crippen LogP contribution in [-0.2, 0) is 5.41 Å². The molecule has 0 unspecified atom stereocenters. The van der Waals surface area contributed by atoms with Crippen molar-refractivity contribution in [3.8, 4) is 5.69 Å². The second kappa shape index (κ2) is 4.31. The number of imidazole rings is 1. The summed E-state index contributed by atoms with van der Waals surface area (Å²) < 4.78 is 2.75. The predicted molar refractivity (Wildman–Crippen MR) is 74.7 cm³/mol. The van der Waals surface area contributed by atoms with Gasteiger partial charge in [0.1, 0.15) is 0 Å². The monoisotopic (exact) mass is 266 g/mol. The quantitative estimate of drug-likeness (QED) is 0.755. The number of nitrogens with one attached hydrogen (secondary N) is 1. The van der Waals surface area contributed by atoms with Gasteiger partial charge in [0, 0.05) is 28.0 Å². The van der Waals surface area contributed by atoms with Crippen LogP contribution in [0.3, 0.4) is 0 Å². The van der Waals surface area contributed by atoms with Gasteiger partial charge in [-0.05, 0) is 36.5 Å². The molecule has 2 aromatic rings. The van der Waals surface area contributed by atoms with E-state index in [-0.39, 0.29) is 5.41 Å². The summed E-state index contributed by atoms with van der Waals surface area (Å²) in [7, 11) is 0. The van der Waals surface area contributed by atoms with E-state index in [1.165, 1.54) is 0 Å². The van der Waals surface area contributed by atoms with Gasteiger partial charge in [-0.3, -0.25) is 4.57 Å². The first-order valence-corrected chi connectivity index (χ1v) is 6.25. The highest BCUT2D eigenvalue weighted by molar-refractivity contribution is 7.71. The Morgan fingerprint density at radius 2 is 1.76 bits per heavy atom. The van der Waals surface area contributed by atoms with E-state index in [0.717, 1.165) is 16.4 Å². The van der Waals surface area contributed by atoms with Gasteiger partial charge in [-0.25, -0.2) is 0 Å². The molecule has 1 aromatic carbocycles. The van der Waals surface area contributed by atoms with Crippen molar-refractivity contribution in [2.24, 2.45) is 0 Å². The zero-order valence-corrected chi connectivity index (χ0v) is 11.7. The number of rotatable bonds is 1. The van der Waals surface area contributed by atoms with Crippen LogP contribution >= 0.6 is 23.8 Å². The van der Waals surface area contributed by atoms with Crippen molar-refractivity contribution in [1.29, 1.82) is 0 Å². The molecule has 0 fully saturated rings. The maximum Gasteiger partial charge on any atom is 0.182 e. The highest BCUT2D eigenvalue weighted by atomic mass is 35.5. The predicted octanol–water partition coefficient (Wildman–Crippen LogP) is 4.49. The molecular weight excluding hydrogens is 252 g/mol. The van der Waals surface area contributed by atoms with E-state index in [1.807, 2.05) is 35.0 Å². The van der Waals surface area contributed by atoms with E-state index in [2.05, 4.69) is 25.8 Å². The smallest absolute Gasteiger partial charge is 0.182 e. The third-order valence-corrected chi connectivity index (χ3v) is 3.18. The number of halogens is 1. The number of hydrogen-bond donors (Lipinski definition) is 1. The minimum Gasteiger partial charge on any atom is -0.337 e. The summed E-state index contributed by atoms with van der Waals surface area (Å²) in [4.78, 5) is 3.10. The Labute approximate surface area is 111 Å². The molecule has 0 spiro atoms. The van der Waals surface area contributed by atoms with E-state index >= 15 is 0 Å². The topological polar surface area (TPSA) is 20.7 Å². The van der Waals surface area contributed by atoms with Crippen molar-refractivity contribution >= 4 is 23.8 Å². The highest BCUT2D eigenvalue weighted by Crippen LogP contribution is 2.25. The van der Waals surface area contributed by atoms with Crippen molar-refractivity contribution < 1.29 is 0 Å². The van der Waals surface area contributed by atoms with E-state index < -0.39 is 0 Å². The summed E-state index contributed by atoms with van der Waals surface area (Å²) in [6.45, 7) is 6.49. The normalized spacial score (nSPS) is 11.8. The minimum absolute atomic E-state index is 0.0349. The zero-order chi connectivity index (χ0) is 12.6.